The normalized spacial score (nSPS) is 13.7. The summed E-state index contributed by atoms with van der Waals surface area (Å²) in [5.41, 5.74) is -0.628. The second-order valence-electron chi connectivity index (χ2n) is 10.4. The van der Waals surface area contributed by atoms with Crippen molar-refractivity contribution in [3.63, 3.8) is 0 Å². The maximum atomic E-state index is 14.3. The molecule has 0 spiro atoms. The number of benzene rings is 2. The maximum absolute atomic E-state index is 14.3. The SMILES string of the molecule is CC(=O)c1cc(-c2cccnc2[C@@H](CC(=O)Cn2nc(C(F)(F)F)c3c2C(=O)CC3)Cc2cc(F)cc(F)c2)ccc1F. The molecule has 1 aliphatic carbocycles. The summed E-state index contributed by atoms with van der Waals surface area (Å²) in [4.78, 5) is 42.2. The number of fused-ring (bicyclic) bond motifs is 1. The van der Waals surface area contributed by atoms with Crippen LogP contribution in [0.3, 0.4) is 0 Å². The Morgan fingerprint density at radius 1 is 1.00 bits per heavy atom. The number of alkyl halides is 3. The van der Waals surface area contributed by atoms with Gasteiger partial charge in [0.15, 0.2) is 23.0 Å². The van der Waals surface area contributed by atoms with E-state index in [9.17, 15) is 40.7 Å². The van der Waals surface area contributed by atoms with E-state index in [1.165, 1.54) is 25.3 Å². The monoisotopic (exact) mass is 599 g/mol. The maximum Gasteiger partial charge on any atom is 0.435 e. The molecule has 0 amide bonds. The summed E-state index contributed by atoms with van der Waals surface area (Å²) in [5, 5.41) is 3.55. The van der Waals surface area contributed by atoms with Gasteiger partial charge in [-0.05, 0) is 61.2 Å². The van der Waals surface area contributed by atoms with Crippen molar-refractivity contribution < 1.29 is 40.7 Å². The van der Waals surface area contributed by atoms with Crippen molar-refractivity contribution in [3.8, 4) is 11.1 Å². The molecule has 0 unspecified atom stereocenters. The van der Waals surface area contributed by atoms with Crippen LogP contribution >= 0.6 is 0 Å². The van der Waals surface area contributed by atoms with Gasteiger partial charge in [0.25, 0.3) is 0 Å². The highest BCUT2D eigenvalue weighted by atomic mass is 19.4. The van der Waals surface area contributed by atoms with E-state index < -0.39 is 59.1 Å². The third-order valence-corrected chi connectivity index (χ3v) is 7.27. The van der Waals surface area contributed by atoms with Crippen LogP contribution < -0.4 is 0 Å². The van der Waals surface area contributed by atoms with E-state index in [1.54, 1.807) is 12.1 Å². The van der Waals surface area contributed by atoms with E-state index in [0.29, 0.717) is 17.2 Å². The van der Waals surface area contributed by atoms with Gasteiger partial charge in [0, 0.05) is 42.1 Å². The van der Waals surface area contributed by atoms with Gasteiger partial charge in [-0.15, -0.1) is 0 Å². The van der Waals surface area contributed by atoms with Crippen molar-refractivity contribution in [1.29, 1.82) is 0 Å². The van der Waals surface area contributed by atoms with Crippen LogP contribution in [0.25, 0.3) is 11.1 Å². The van der Waals surface area contributed by atoms with Crippen LogP contribution in [0.15, 0.2) is 54.7 Å². The first-order valence-electron chi connectivity index (χ1n) is 13.2. The minimum absolute atomic E-state index is 0.102. The van der Waals surface area contributed by atoms with Crippen LogP contribution in [0, 0.1) is 17.5 Å². The quantitative estimate of drug-likeness (QED) is 0.158. The van der Waals surface area contributed by atoms with E-state index in [1.807, 2.05) is 0 Å². The van der Waals surface area contributed by atoms with Gasteiger partial charge in [-0.3, -0.25) is 24.0 Å². The van der Waals surface area contributed by atoms with Crippen molar-refractivity contribution in [2.24, 2.45) is 0 Å². The Morgan fingerprint density at radius 3 is 2.40 bits per heavy atom. The second-order valence-corrected chi connectivity index (χ2v) is 10.4. The van der Waals surface area contributed by atoms with Gasteiger partial charge in [-0.2, -0.15) is 18.3 Å². The number of hydrogen-bond donors (Lipinski definition) is 0. The molecule has 0 radical (unpaired) electrons. The Hall–Kier alpha value is -4.61. The number of hydrogen-bond acceptors (Lipinski definition) is 5. The Morgan fingerprint density at radius 2 is 1.72 bits per heavy atom. The molecule has 4 aromatic rings. The number of carbonyl (C=O) groups excluding carboxylic acids is 3. The van der Waals surface area contributed by atoms with Crippen molar-refractivity contribution >= 4 is 17.3 Å². The predicted molar refractivity (Wildman–Crippen MR) is 142 cm³/mol. The molecule has 2 heterocycles. The number of Topliss-reactive ketones (excluding diaryl/α,β-unsaturated/α-hetero) is 3. The fourth-order valence-corrected chi connectivity index (χ4v) is 5.48. The zero-order chi connectivity index (χ0) is 31.1. The zero-order valence-corrected chi connectivity index (χ0v) is 22.6. The molecule has 0 N–H and O–H groups in total. The third kappa shape index (κ3) is 6.27. The average Bonchev–Trinajstić information content (AvgIpc) is 3.48. The van der Waals surface area contributed by atoms with E-state index in [2.05, 4.69) is 10.1 Å². The van der Waals surface area contributed by atoms with Crippen LogP contribution in [0.4, 0.5) is 26.3 Å². The summed E-state index contributed by atoms with van der Waals surface area (Å²) in [6.45, 7) is 0.554. The molecule has 1 aliphatic rings. The van der Waals surface area contributed by atoms with Crippen molar-refractivity contribution in [2.45, 2.75) is 51.2 Å². The van der Waals surface area contributed by atoms with Crippen LogP contribution in [-0.2, 0) is 30.4 Å². The number of aromatic nitrogens is 3. The first-order chi connectivity index (χ1) is 20.3. The molecular weight excluding hydrogens is 576 g/mol. The molecule has 222 valence electrons. The summed E-state index contributed by atoms with van der Waals surface area (Å²) in [6.07, 6.45) is -4.11. The molecule has 5 rings (SSSR count). The summed E-state index contributed by atoms with van der Waals surface area (Å²) in [7, 11) is 0. The van der Waals surface area contributed by atoms with Crippen molar-refractivity contribution in [3.05, 3.63) is 106 Å². The zero-order valence-electron chi connectivity index (χ0n) is 22.6. The molecule has 0 saturated carbocycles. The number of pyridine rings is 1. The average molecular weight is 600 g/mol. The van der Waals surface area contributed by atoms with Crippen LogP contribution in [0.2, 0.25) is 0 Å². The molecule has 0 bridgehead atoms. The first-order valence-corrected chi connectivity index (χ1v) is 13.2. The van der Waals surface area contributed by atoms with Crippen LogP contribution in [-0.4, -0.2) is 32.1 Å². The lowest BCUT2D eigenvalue weighted by Crippen LogP contribution is -2.20. The number of halogens is 6. The Bertz CT molecular complexity index is 1740. The van der Waals surface area contributed by atoms with Gasteiger partial charge in [0.1, 0.15) is 29.7 Å². The fourth-order valence-electron chi connectivity index (χ4n) is 5.48. The number of rotatable bonds is 9. The molecular formula is C31H23F6N3O3. The minimum atomic E-state index is -4.82. The number of ketones is 3. The third-order valence-electron chi connectivity index (χ3n) is 7.27. The summed E-state index contributed by atoms with van der Waals surface area (Å²) >= 11 is 0. The van der Waals surface area contributed by atoms with E-state index >= 15 is 0 Å². The molecule has 2 aromatic carbocycles. The topological polar surface area (TPSA) is 81.9 Å². The predicted octanol–water partition coefficient (Wildman–Crippen LogP) is 6.70. The van der Waals surface area contributed by atoms with Gasteiger partial charge < -0.3 is 0 Å². The summed E-state index contributed by atoms with van der Waals surface area (Å²) in [6, 6.07) is 9.92. The fraction of sp³-hybridized carbons (Fsp3) is 0.258. The Kier molecular flexibility index (Phi) is 8.04. The summed E-state index contributed by atoms with van der Waals surface area (Å²) in [5.74, 6) is -4.98. The van der Waals surface area contributed by atoms with Crippen molar-refractivity contribution in [2.75, 3.05) is 0 Å². The lowest BCUT2D eigenvalue weighted by molar-refractivity contribution is -0.142. The minimum Gasteiger partial charge on any atom is -0.298 e. The molecule has 43 heavy (non-hydrogen) atoms. The second kappa shape index (κ2) is 11.6. The van der Waals surface area contributed by atoms with E-state index in [-0.39, 0.29) is 53.8 Å². The molecule has 2 aromatic heterocycles. The number of nitrogens with zero attached hydrogens (tertiary/aromatic N) is 3. The standard InChI is InChI=1S/C31H23F6N3O3/c1-16(41)25-13-18(4-6-26(25)34)23-3-2-8-38-28(23)19(9-17-10-20(32)14-21(33)11-17)12-22(42)15-40-29-24(5-7-27(29)43)30(39-40)31(35,36)37/h2-4,6,8,10-11,13-14,19H,5,7,9,12,15H2,1H3/t19-/m1/s1. The lowest BCUT2D eigenvalue weighted by Gasteiger charge is -2.20. The van der Waals surface area contributed by atoms with E-state index in [0.717, 1.165) is 22.9 Å². The molecule has 1 atom stereocenters. The van der Waals surface area contributed by atoms with Gasteiger partial charge in [-0.25, -0.2) is 13.2 Å². The highest BCUT2D eigenvalue weighted by molar-refractivity contribution is 5.99. The molecule has 6 nitrogen and oxygen atoms in total. The molecule has 0 aliphatic heterocycles. The van der Waals surface area contributed by atoms with Crippen LogP contribution in [0.1, 0.15) is 69.0 Å². The first kappa shape index (κ1) is 29.9. The van der Waals surface area contributed by atoms with Gasteiger partial charge in [0.2, 0.25) is 0 Å². The molecule has 0 saturated heterocycles. The lowest BCUT2D eigenvalue weighted by atomic mass is 9.86. The Labute approximate surface area is 241 Å². The molecule has 0 fully saturated rings. The number of carbonyl (C=O) groups is 3. The van der Waals surface area contributed by atoms with Gasteiger partial charge in [0.05, 0.1) is 11.3 Å². The highest BCUT2D eigenvalue weighted by Crippen LogP contribution is 2.37. The van der Waals surface area contributed by atoms with Gasteiger partial charge in [-0.1, -0.05) is 12.1 Å². The smallest absolute Gasteiger partial charge is 0.298 e. The van der Waals surface area contributed by atoms with Gasteiger partial charge >= 0.3 is 6.18 Å². The van der Waals surface area contributed by atoms with Crippen LogP contribution in [0.5, 0.6) is 0 Å². The largest absolute Gasteiger partial charge is 0.435 e. The van der Waals surface area contributed by atoms with Crippen molar-refractivity contribution in [1.82, 2.24) is 14.8 Å². The van der Waals surface area contributed by atoms with E-state index in [4.69, 9.17) is 0 Å². The Balaban J connectivity index is 1.54. The summed E-state index contributed by atoms with van der Waals surface area (Å²) < 4.78 is 83.9. The highest BCUT2D eigenvalue weighted by Gasteiger charge is 2.42. The molecule has 12 heteroatoms.